The fourth-order valence-corrected chi connectivity index (χ4v) is 2.31. The van der Waals surface area contributed by atoms with Crippen molar-refractivity contribution < 1.29 is 18.0 Å². The first-order chi connectivity index (χ1) is 11.1. The first kappa shape index (κ1) is 17.7. The number of alkyl halides is 3. The van der Waals surface area contributed by atoms with E-state index < -0.39 is 23.7 Å². The predicted octanol–water partition coefficient (Wildman–Crippen LogP) is 2.73. The molecular formula is C16H16F3N3O2. The Bertz CT molecular complexity index is 814. The molecule has 1 atom stereocenters. The van der Waals surface area contributed by atoms with Crippen molar-refractivity contribution in [3.8, 4) is 0 Å². The van der Waals surface area contributed by atoms with Crippen LogP contribution in [0, 0.1) is 20.8 Å². The third-order valence-corrected chi connectivity index (χ3v) is 3.84. The van der Waals surface area contributed by atoms with Crippen molar-refractivity contribution in [2.24, 2.45) is 0 Å². The van der Waals surface area contributed by atoms with E-state index in [0.717, 1.165) is 6.07 Å². The second-order valence-electron chi connectivity index (χ2n) is 5.41. The van der Waals surface area contributed by atoms with Crippen LogP contribution in [0.25, 0.3) is 0 Å². The summed E-state index contributed by atoms with van der Waals surface area (Å²) in [6.45, 7) is 4.85. The van der Waals surface area contributed by atoms with Crippen molar-refractivity contribution in [2.75, 3.05) is 0 Å². The number of aromatic amines is 1. The van der Waals surface area contributed by atoms with Gasteiger partial charge in [-0.2, -0.15) is 13.2 Å². The topological polar surface area (TPSA) is 74.8 Å². The number of nitrogens with zero attached hydrogens (tertiary/aromatic N) is 1. The minimum Gasteiger partial charge on any atom is -0.335 e. The van der Waals surface area contributed by atoms with Crippen molar-refractivity contribution in [2.45, 2.75) is 33.0 Å². The summed E-state index contributed by atoms with van der Waals surface area (Å²) in [5.41, 5.74) is 0.137. The van der Waals surface area contributed by atoms with E-state index in [0.29, 0.717) is 16.8 Å². The van der Waals surface area contributed by atoms with E-state index in [2.05, 4.69) is 9.97 Å². The monoisotopic (exact) mass is 339 g/mol. The molecule has 2 rings (SSSR count). The van der Waals surface area contributed by atoms with Gasteiger partial charge in [0.1, 0.15) is 5.56 Å². The van der Waals surface area contributed by atoms with E-state index in [1.807, 2.05) is 5.32 Å². The molecule has 24 heavy (non-hydrogen) atoms. The first-order valence-corrected chi connectivity index (χ1v) is 7.11. The molecule has 0 saturated carbocycles. The van der Waals surface area contributed by atoms with Gasteiger partial charge in [0.15, 0.2) is 6.04 Å². The zero-order valence-electron chi connectivity index (χ0n) is 13.3. The fourth-order valence-electron chi connectivity index (χ4n) is 2.31. The summed E-state index contributed by atoms with van der Waals surface area (Å²) in [4.78, 5) is 30.4. The molecule has 5 nitrogen and oxygen atoms in total. The molecule has 0 bridgehead atoms. The normalized spacial score (nSPS) is 12.8. The van der Waals surface area contributed by atoms with Crippen molar-refractivity contribution in [3.05, 3.63) is 62.8 Å². The number of aromatic nitrogens is 2. The van der Waals surface area contributed by atoms with Gasteiger partial charge >= 0.3 is 6.18 Å². The van der Waals surface area contributed by atoms with Crippen molar-refractivity contribution in [3.63, 3.8) is 0 Å². The molecular weight excluding hydrogens is 323 g/mol. The van der Waals surface area contributed by atoms with Gasteiger partial charge < -0.3 is 10.3 Å². The summed E-state index contributed by atoms with van der Waals surface area (Å²) in [7, 11) is 0. The van der Waals surface area contributed by atoms with Gasteiger partial charge in [0.25, 0.3) is 11.5 Å². The number of carbonyl (C=O) groups excluding carboxylic acids is 1. The van der Waals surface area contributed by atoms with Crippen LogP contribution in [0.2, 0.25) is 0 Å². The average molecular weight is 339 g/mol. The summed E-state index contributed by atoms with van der Waals surface area (Å²) in [5.74, 6) is -1.09. The number of nitrogens with one attached hydrogen (secondary N) is 2. The average Bonchev–Trinajstić information content (AvgIpc) is 2.50. The number of aryl methyl sites for hydroxylation is 1. The lowest BCUT2D eigenvalue weighted by Gasteiger charge is -2.21. The Labute approximate surface area is 135 Å². The summed E-state index contributed by atoms with van der Waals surface area (Å²) < 4.78 is 39.9. The maximum absolute atomic E-state index is 13.3. The SMILES string of the molecule is Cc1[nH]c(=O)c(C(=O)N[C@H](c2ccccn2)C(F)(F)F)c(C)c1C. The minimum atomic E-state index is -4.75. The zero-order valence-corrected chi connectivity index (χ0v) is 13.3. The van der Waals surface area contributed by atoms with Gasteiger partial charge in [-0.3, -0.25) is 14.6 Å². The number of rotatable bonds is 3. The summed E-state index contributed by atoms with van der Waals surface area (Å²) >= 11 is 0. The molecule has 0 radical (unpaired) electrons. The number of pyridine rings is 2. The largest absolute Gasteiger partial charge is 0.414 e. The van der Waals surface area contributed by atoms with Crippen LogP contribution in [0.1, 0.15) is 38.9 Å². The van der Waals surface area contributed by atoms with Crippen LogP contribution in [-0.2, 0) is 0 Å². The summed E-state index contributed by atoms with van der Waals surface area (Å²) in [6.07, 6.45) is -3.54. The van der Waals surface area contributed by atoms with E-state index in [1.165, 1.54) is 25.3 Å². The standard InChI is InChI=1S/C16H16F3N3O2/c1-8-9(2)12(14(23)21-10(8)3)15(24)22-13(16(17,18)19)11-6-4-5-7-20-11/h4-7,13H,1-3H3,(H,21,23)(H,22,24)/t13-/m1/s1. The van der Waals surface area contributed by atoms with Gasteiger partial charge in [0.05, 0.1) is 5.69 Å². The second-order valence-corrected chi connectivity index (χ2v) is 5.41. The Morgan fingerprint density at radius 2 is 1.88 bits per heavy atom. The van der Waals surface area contributed by atoms with Crippen LogP contribution >= 0.6 is 0 Å². The van der Waals surface area contributed by atoms with E-state index >= 15 is 0 Å². The molecule has 1 amide bonds. The molecule has 8 heteroatoms. The highest BCUT2D eigenvalue weighted by molar-refractivity contribution is 5.95. The molecule has 2 aromatic heterocycles. The van der Waals surface area contributed by atoms with E-state index in [4.69, 9.17) is 0 Å². The molecule has 128 valence electrons. The fraction of sp³-hybridized carbons (Fsp3) is 0.312. The van der Waals surface area contributed by atoms with Gasteiger partial charge in [-0.1, -0.05) is 6.07 Å². The Hall–Kier alpha value is -2.64. The quantitative estimate of drug-likeness (QED) is 0.903. The Kier molecular flexibility index (Phi) is 4.77. The molecule has 2 N–H and O–H groups in total. The highest BCUT2D eigenvalue weighted by atomic mass is 19.4. The Morgan fingerprint density at radius 1 is 1.21 bits per heavy atom. The van der Waals surface area contributed by atoms with Crippen molar-refractivity contribution in [1.82, 2.24) is 15.3 Å². The van der Waals surface area contributed by atoms with Crippen LogP contribution in [0.4, 0.5) is 13.2 Å². The molecule has 2 heterocycles. The van der Waals surface area contributed by atoms with Gasteiger partial charge in [-0.25, -0.2) is 0 Å². The smallest absolute Gasteiger partial charge is 0.335 e. The van der Waals surface area contributed by atoms with Gasteiger partial charge in [0, 0.05) is 11.9 Å². The molecule has 0 aromatic carbocycles. The minimum absolute atomic E-state index is 0.330. The summed E-state index contributed by atoms with van der Waals surface area (Å²) in [5, 5.41) is 1.87. The number of carbonyl (C=O) groups is 1. The predicted molar refractivity (Wildman–Crippen MR) is 81.8 cm³/mol. The molecule has 0 saturated heterocycles. The van der Waals surface area contributed by atoms with Crippen LogP contribution in [0.15, 0.2) is 29.2 Å². The first-order valence-electron chi connectivity index (χ1n) is 7.11. The van der Waals surface area contributed by atoms with Crippen LogP contribution in [-0.4, -0.2) is 22.1 Å². The number of hydrogen-bond donors (Lipinski definition) is 2. The Balaban J connectivity index is 2.44. The van der Waals surface area contributed by atoms with Gasteiger partial charge in [-0.15, -0.1) is 0 Å². The lowest BCUT2D eigenvalue weighted by molar-refractivity contribution is -0.156. The van der Waals surface area contributed by atoms with Crippen LogP contribution in [0.5, 0.6) is 0 Å². The molecule has 0 spiro atoms. The van der Waals surface area contributed by atoms with Crippen LogP contribution < -0.4 is 10.9 Å². The number of amides is 1. The highest BCUT2D eigenvalue weighted by Gasteiger charge is 2.43. The number of halogens is 3. The molecule has 0 aliphatic carbocycles. The maximum atomic E-state index is 13.3. The lowest BCUT2D eigenvalue weighted by Crippen LogP contribution is -2.41. The molecule has 0 aliphatic rings. The summed E-state index contributed by atoms with van der Waals surface area (Å²) in [6, 6.07) is 1.72. The molecule has 0 fully saturated rings. The molecule has 0 unspecified atom stereocenters. The molecule has 0 aliphatic heterocycles. The van der Waals surface area contributed by atoms with E-state index in [9.17, 15) is 22.8 Å². The third-order valence-electron chi connectivity index (χ3n) is 3.84. The maximum Gasteiger partial charge on any atom is 0.414 e. The lowest BCUT2D eigenvalue weighted by atomic mass is 10.0. The molecule has 2 aromatic rings. The second kappa shape index (κ2) is 6.46. The van der Waals surface area contributed by atoms with Crippen LogP contribution in [0.3, 0.4) is 0 Å². The highest BCUT2D eigenvalue weighted by Crippen LogP contribution is 2.31. The zero-order chi connectivity index (χ0) is 18.1. The Morgan fingerprint density at radius 3 is 2.42 bits per heavy atom. The number of hydrogen-bond acceptors (Lipinski definition) is 3. The van der Waals surface area contributed by atoms with Gasteiger partial charge in [-0.05, 0) is 44.0 Å². The van der Waals surface area contributed by atoms with E-state index in [1.54, 1.807) is 13.8 Å². The van der Waals surface area contributed by atoms with Crippen molar-refractivity contribution in [1.29, 1.82) is 0 Å². The van der Waals surface area contributed by atoms with Crippen molar-refractivity contribution >= 4 is 5.91 Å². The van der Waals surface area contributed by atoms with Gasteiger partial charge in [0.2, 0.25) is 0 Å². The van der Waals surface area contributed by atoms with E-state index in [-0.39, 0.29) is 11.3 Å². The number of H-pyrrole nitrogens is 1. The third kappa shape index (κ3) is 3.47.